The SMILES string of the molecule is CCn1cc(Br)c(C(=O)Nc2ccn(Cc3ccc(Cl)cc3Cl)n2)n1. The van der Waals surface area contributed by atoms with Crippen molar-refractivity contribution in [2.24, 2.45) is 0 Å². The van der Waals surface area contributed by atoms with Crippen molar-refractivity contribution in [2.45, 2.75) is 20.0 Å². The third-order valence-electron chi connectivity index (χ3n) is 3.49. The zero-order valence-electron chi connectivity index (χ0n) is 13.2. The van der Waals surface area contributed by atoms with Crippen LogP contribution in [0.15, 0.2) is 41.1 Å². The summed E-state index contributed by atoms with van der Waals surface area (Å²) < 4.78 is 4.00. The lowest BCUT2D eigenvalue weighted by molar-refractivity contribution is 0.102. The highest BCUT2D eigenvalue weighted by atomic mass is 79.9. The van der Waals surface area contributed by atoms with Crippen molar-refractivity contribution in [3.05, 3.63) is 62.4 Å². The van der Waals surface area contributed by atoms with E-state index in [1.165, 1.54) is 0 Å². The Labute approximate surface area is 162 Å². The lowest BCUT2D eigenvalue weighted by atomic mass is 10.2. The molecule has 0 bridgehead atoms. The molecule has 0 atom stereocenters. The number of halogens is 3. The number of nitrogens with zero attached hydrogens (tertiary/aromatic N) is 4. The molecule has 0 spiro atoms. The quantitative estimate of drug-likeness (QED) is 0.633. The number of hydrogen-bond donors (Lipinski definition) is 1. The fourth-order valence-corrected chi connectivity index (χ4v) is 3.19. The number of amides is 1. The first-order valence-electron chi connectivity index (χ1n) is 7.48. The van der Waals surface area contributed by atoms with Crippen molar-refractivity contribution < 1.29 is 4.79 Å². The number of anilines is 1. The van der Waals surface area contributed by atoms with Gasteiger partial charge in [-0.05, 0) is 40.5 Å². The van der Waals surface area contributed by atoms with Crippen molar-refractivity contribution in [1.29, 1.82) is 0 Å². The van der Waals surface area contributed by atoms with E-state index in [-0.39, 0.29) is 5.91 Å². The van der Waals surface area contributed by atoms with Crippen molar-refractivity contribution in [2.75, 3.05) is 5.32 Å². The molecule has 130 valence electrons. The molecule has 6 nitrogen and oxygen atoms in total. The Morgan fingerprint density at radius 3 is 2.72 bits per heavy atom. The van der Waals surface area contributed by atoms with Gasteiger partial charge < -0.3 is 5.32 Å². The minimum absolute atomic E-state index is 0.317. The standard InChI is InChI=1S/C16H14BrCl2N5O/c1-2-23-9-12(17)15(22-23)16(25)20-14-5-6-24(21-14)8-10-3-4-11(18)7-13(10)19/h3-7,9H,2,8H2,1H3,(H,20,21,25). The number of aromatic nitrogens is 4. The molecule has 9 heteroatoms. The minimum Gasteiger partial charge on any atom is -0.304 e. The van der Waals surface area contributed by atoms with Crippen LogP contribution in [0.3, 0.4) is 0 Å². The maximum Gasteiger partial charge on any atom is 0.278 e. The lowest BCUT2D eigenvalue weighted by Crippen LogP contribution is -2.14. The molecule has 0 aliphatic rings. The van der Waals surface area contributed by atoms with Gasteiger partial charge in [0.1, 0.15) is 0 Å². The summed E-state index contributed by atoms with van der Waals surface area (Å²) in [5.41, 5.74) is 1.20. The zero-order chi connectivity index (χ0) is 18.0. The molecular formula is C16H14BrCl2N5O. The maximum atomic E-state index is 12.3. The highest BCUT2D eigenvalue weighted by Gasteiger charge is 2.16. The highest BCUT2D eigenvalue weighted by molar-refractivity contribution is 9.10. The first-order chi connectivity index (χ1) is 12.0. The molecule has 1 N–H and O–H groups in total. The average molecular weight is 443 g/mol. The van der Waals surface area contributed by atoms with Gasteiger partial charge in [0, 0.05) is 35.1 Å². The summed E-state index contributed by atoms with van der Waals surface area (Å²) in [6, 6.07) is 7.02. The molecule has 0 radical (unpaired) electrons. The molecule has 0 fully saturated rings. The van der Waals surface area contributed by atoms with Crippen LogP contribution in [0, 0.1) is 0 Å². The van der Waals surface area contributed by atoms with E-state index in [9.17, 15) is 4.79 Å². The van der Waals surface area contributed by atoms with Crippen LogP contribution in [0.2, 0.25) is 10.0 Å². The fraction of sp³-hybridized carbons (Fsp3) is 0.188. The summed E-state index contributed by atoms with van der Waals surface area (Å²) in [5, 5.41) is 12.4. The summed E-state index contributed by atoms with van der Waals surface area (Å²) in [7, 11) is 0. The van der Waals surface area contributed by atoms with E-state index in [1.807, 2.05) is 13.0 Å². The second kappa shape index (κ2) is 7.59. The largest absolute Gasteiger partial charge is 0.304 e. The van der Waals surface area contributed by atoms with Gasteiger partial charge in [-0.25, -0.2) is 0 Å². The normalized spacial score (nSPS) is 10.9. The lowest BCUT2D eigenvalue weighted by Gasteiger charge is -2.05. The Morgan fingerprint density at radius 1 is 1.24 bits per heavy atom. The smallest absolute Gasteiger partial charge is 0.278 e. The molecule has 25 heavy (non-hydrogen) atoms. The van der Waals surface area contributed by atoms with Crippen LogP contribution in [0.5, 0.6) is 0 Å². The second-order valence-electron chi connectivity index (χ2n) is 5.27. The number of hydrogen-bond acceptors (Lipinski definition) is 3. The Morgan fingerprint density at radius 2 is 2.04 bits per heavy atom. The van der Waals surface area contributed by atoms with E-state index in [1.54, 1.807) is 40.0 Å². The van der Waals surface area contributed by atoms with Crippen LogP contribution in [0.4, 0.5) is 5.82 Å². The van der Waals surface area contributed by atoms with Gasteiger partial charge in [0.05, 0.1) is 11.0 Å². The van der Waals surface area contributed by atoms with E-state index >= 15 is 0 Å². The monoisotopic (exact) mass is 441 g/mol. The number of carbonyl (C=O) groups excluding carboxylic acids is 1. The summed E-state index contributed by atoms with van der Waals surface area (Å²) >= 11 is 15.4. The molecule has 0 saturated carbocycles. The topological polar surface area (TPSA) is 64.7 Å². The van der Waals surface area contributed by atoms with Crippen molar-refractivity contribution in [1.82, 2.24) is 19.6 Å². The van der Waals surface area contributed by atoms with Gasteiger partial charge in [-0.3, -0.25) is 14.2 Å². The number of benzene rings is 1. The number of aryl methyl sites for hydroxylation is 1. The van der Waals surface area contributed by atoms with Crippen LogP contribution < -0.4 is 5.32 Å². The Kier molecular flexibility index (Phi) is 5.46. The molecule has 3 aromatic rings. The van der Waals surface area contributed by atoms with Crippen LogP contribution in [0.25, 0.3) is 0 Å². The number of rotatable bonds is 5. The summed E-state index contributed by atoms with van der Waals surface area (Å²) in [4.78, 5) is 12.3. The molecule has 1 amide bonds. The van der Waals surface area contributed by atoms with Crippen molar-refractivity contribution >= 4 is 50.9 Å². The van der Waals surface area contributed by atoms with E-state index in [0.717, 1.165) is 5.56 Å². The minimum atomic E-state index is -0.325. The molecule has 3 rings (SSSR count). The molecule has 0 aliphatic carbocycles. The van der Waals surface area contributed by atoms with E-state index < -0.39 is 0 Å². The predicted molar refractivity (Wildman–Crippen MR) is 101 cm³/mol. The third-order valence-corrected chi connectivity index (χ3v) is 4.65. The Hall–Kier alpha value is -1.83. The maximum absolute atomic E-state index is 12.3. The predicted octanol–water partition coefficient (Wildman–Crippen LogP) is 4.47. The average Bonchev–Trinajstić information content (AvgIpc) is 3.16. The van der Waals surface area contributed by atoms with Gasteiger partial charge in [-0.15, -0.1) is 0 Å². The van der Waals surface area contributed by atoms with Gasteiger partial charge >= 0.3 is 0 Å². The molecular weight excluding hydrogens is 429 g/mol. The highest BCUT2D eigenvalue weighted by Crippen LogP contribution is 2.22. The van der Waals surface area contributed by atoms with Gasteiger partial charge in [0.15, 0.2) is 11.5 Å². The van der Waals surface area contributed by atoms with Crippen LogP contribution in [-0.2, 0) is 13.1 Å². The molecule has 2 heterocycles. The molecule has 1 aromatic carbocycles. The van der Waals surface area contributed by atoms with Crippen LogP contribution in [0.1, 0.15) is 23.0 Å². The van der Waals surface area contributed by atoms with Gasteiger partial charge in [0.2, 0.25) is 0 Å². The van der Waals surface area contributed by atoms with Crippen molar-refractivity contribution in [3.8, 4) is 0 Å². The summed E-state index contributed by atoms with van der Waals surface area (Å²) in [5.74, 6) is 0.113. The van der Waals surface area contributed by atoms with E-state index in [0.29, 0.717) is 39.1 Å². The zero-order valence-corrected chi connectivity index (χ0v) is 16.3. The summed E-state index contributed by atoms with van der Waals surface area (Å²) in [6.45, 7) is 3.10. The summed E-state index contributed by atoms with van der Waals surface area (Å²) in [6.07, 6.45) is 3.52. The molecule has 0 unspecified atom stereocenters. The molecule has 0 saturated heterocycles. The number of nitrogens with one attached hydrogen (secondary N) is 1. The van der Waals surface area contributed by atoms with Crippen LogP contribution >= 0.6 is 39.1 Å². The van der Waals surface area contributed by atoms with Crippen molar-refractivity contribution in [3.63, 3.8) is 0 Å². The number of carbonyl (C=O) groups is 1. The second-order valence-corrected chi connectivity index (χ2v) is 6.97. The Balaban J connectivity index is 1.70. The van der Waals surface area contributed by atoms with Gasteiger partial charge in [0.25, 0.3) is 5.91 Å². The van der Waals surface area contributed by atoms with Gasteiger partial charge in [-0.2, -0.15) is 10.2 Å². The van der Waals surface area contributed by atoms with Gasteiger partial charge in [-0.1, -0.05) is 29.3 Å². The Bertz CT molecular complexity index is 921. The first kappa shape index (κ1) is 18.0. The molecule has 2 aromatic heterocycles. The third kappa shape index (κ3) is 4.23. The molecule has 0 aliphatic heterocycles. The first-order valence-corrected chi connectivity index (χ1v) is 9.03. The fourth-order valence-electron chi connectivity index (χ4n) is 2.23. The van der Waals surface area contributed by atoms with E-state index in [4.69, 9.17) is 23.2 Å². The van der Waals surface area contributed by atoms with Crippen LogP contribution in [-0.4, -0.2) is 25.5 Å². The van der Waals surface area contributed by atoms with E-state index in [2.05, 4.69) is 31.4 Å².